The summed E-state index contributed by atoms with van der Waals surface area (Å²) in [5.74, 6) is 1.33. The molecule has 0 aromatic carbocycles. The van der Waals surface area contributed by atoms with Crippen molar-refractivity contribution in [2.75, 3.05) is 0 Å². The first-order chi connectivity index (χ1) is 14.5. The van der Waals surface area contributed by atoms with Gasteiger partial charge < -0.3 is 0 Å². The van der Waals surface area contributed by atoms with E-state index in [1.54, 1.807) is 27.7 Å². The smallest absolute Gasteiger partial charge is 0.263 e. The van der Waals surface area contributed by atoms with Crippen LogP contribution in [0.3, 0.4) is 0 Å². The van der Waals surface area contributed by atoms with Crippen molar-refractivity contribution >= 4 is 50.4 Å². The molecular weight excluding hydrogens is 434 g/mol. The van der Waals surface area contributed by atoms with Crippen molar-refractivity contribution in [1.29, 1.82) is 0 Å². The summed E-state index contributed by atoms with van der Waals surface area (Å²) in [6.07, 6.45) is 2.01. The van der Waals surface area contributed by atoms with Crippen molar-refractivity contribution in [2.45, 2.75) is 38.2 Å². The van der Waals surface area contributed by atoms with Crippen molar-refractivity contribution in [3.05, 3.63) is 62.6 Å². The Balaban J connectivity index is 1.52. The van der Waals surface area contributed by atoms with Gasteiger partial charge in [0.15, 0.2) is 5.16 Å². The van der Waals surface area contributed by atoms with Crippen LogP contribution in [-0.4, -0.2) is 23.9 Å². The van der Waals surface area contributed by atoms with Crippen LogP contribution in [0.1, 0.15) is 24.0 Å². The van der Waals surface area contributed by atoms with Crippen molar-refractivity contribution in [3.8, 4) is 10.4 Å². The van der Waals surface area contributed by atoms with Crippen LogP contribution in [0.5, 0.6) is 0 Å². The SMILES string of the molecule is CCn1c(SCc2cn3c(C)cc(C)nc3n2)nc2scc(-c3cccs3)c2c1=O. The van der Waals surface area contributed by atoms with Gasteiger partial charge in [0.05, 0.1) is 11.1 Å². The van der Waals surface area contributed by atoms with Crippen LogP contribution < -0.4 is 5.56 Å². The van der Waals surface area contributed by atoms with Gasteiger partial charge in [-0.05, 0) is 38.3 Å². The first-order valence-corrected chi connectivity index (χ1v) is 12.3. The lowest BCUT2D eigenvalue weighted by Gasteiger charge is -2.09. The van der Waals surface area contributed by atoms with E-state index in [9.17, 15) is 4.79 Å². The molecule has 0 bridgehead atoms. The molecule has 0 aliphatic carbocycles. The van der Waals surface area contributed by atoms with Crippen molar-refractivity contribution in [3.63, 3.8) is 0 Å². The van der Waals surface area contributed by atoms with E-state index in [-0.39, 0.29) is 5.56 Å². The minimum Gasteiger partial charge on any atom is -0.288 e. The van der Waals surface area contributed by atoms with Crippen LogP contribution in [0.15, 0.2) is 45.1 Å². The third-order valence-corrected chi connectivity index (χ3v) is 7.71. The van der Waals surface area contributed by atoms with E-state index in [1.165, 1.54) is 11.3 Å². The summed E-state index contributed by atoms with van der Waals surface area (Å²) in [5.41, 5.74) is 3.99. The Kier molecular flexibility index (Phi) is 4.96. The molecule has 6 nitrogen and oxygen atoms in total. The van der Waals surface area contributed by atoms with Gasteiger partial charge in [-0.15, -0.1) is 22.7 Å². The van der Waals surface area contributed by atoms with Gasteiger partial charge in [-0.3, -0.25) is 13.8 Å². The number of fused-ring (bicyclic) bond motifs is 2. The zero-order chi connectivity index (χ0) is 20.8. The number of thiophene rings is 2. The Morgan fingerprint density at radius 1 is 1.17 bits per heavy atom. The number of nitrogens with zero attached hydrogens (tertiary/aromatic N) is 5. The Morgan fingerprint density at radius 3 is 2.80 bits per heavy atom. The van der Waals surface area contributed by atoms with Gasteiger partial charge in [0.1, 0.15) is 4.83 Å². The van der Waals surface area contributed by atoms with Crippen molar-refractivity contribution in [2.24, 2.45) is 0 Å². The monoisotopic (exact) mass is 453 g/mol. The number of thioether (sulfide) groups is 1. The summed E-state index contributed by atoms with van der Waals surface area (Å²) in [5, 5.41) is 5.52. The Morgan fingerprint density at radius 2 is 2.03 bits per heavy atom. The van der Waals surface area contributed by atoms with E-state index >= 15 is 0 Å². The van der Waals surface area contributed by atoms with Crippen LogP contribution in [-0.2, 0) is 12.3 Å². The van der Waals surface area contributed by atoms with Gasteiger partial charge in [-0.25, -0.2) is 15.0 Å². The van der Waals surface area contributed by atoms with Crippen LogP contribution >= 0.6 is 34.4 Å². The quantitative estimate of drug-likeness (QED) is 0.272. The summed E-state index contributed by atoms with van der Waals surface area (Å²) < 4.78 is 3.76. The van der Waals surface area contributed by atoms with Gasteiger partial charge in [0.2, 0.25) is 5.78 Å². The Hall–Kier alpha value is -2.49. The lowest BCUT2D eigenvalue weighted by atomic mass is 10.2. The van der Waals surface area contributed by atoms with E-state index in [0.29, 0.717) is 18.1 Å². The van der Waals surface area contributed by atoms with Crippen LogP contribution in [0.4, 0.5) is 0 Å². The molecule has 0 saturated carbocycles. The maximum Gasteiger partial charge on any atom is 0.263 e. The molecule has 0 saturated heterocycles. The summed E-state index contributed by atoms with van der Waals surface area (Å²) in [4.78, 5) is 29.2. The maximum atomic E-state index is 13.3. The molecule has 0 spiro atoms. The second kappa shape index (κ2) is 7.64. The minimum atomic E-state index is 0.0257. The molecule has 0 atom stereocenters. The second-order valence-corrected chi connectivity index (χ2v) is 9.73. The van der Waals surface area contributed by atoms with E-state index in [4.69, 9.17) is 4.98 Å². The summed E-state index contributed by atoms with van der Waals surface area (Å²) in [7, 11) is 0. The van der Waals surface area contributed by atoms with Crippen LogP contribution in [0.25, 0.3) is 26.4 Å². The van der Waals surface area contributed by atoms with E-state index in [2.05, 4.69) is 9.97 Å². The molecular formula is C21H19N5OS3. The number of rotatable bonds is 5. The fourth-order valence-corrected chi connectivity index (χ4v) is 6.28. The molecule has 5 aromatic heterocycles. The van der Waals surface area contributed by atoms with Gasteiger partial charge in [-0.2, -0.15) is 0 Å². The first-order valence-electron chi connectivity index (χ1n) is 9.56. The number of aryl methyl sites for hydroxylation is 2. The number of hydrogen-bond acceptors (Lipinski definition) is 7. The molecule has 0 unspecified atom stereocenters. The molecule has 9 heteroatoms. The van der Waals surface area contributed by atoms with E-state index in [1.807, 2.05) is 60.3 Å². The predicted molar refractivity (Wildman–Crippen MR) is 125 cm³/mol. The minimum absolute atomic E-state index is 0.0257. The summed E-state index contributed by atoms with van der Waals surface area (Å²) >= 11 is 4.71. The van der Waals surface area contributed by atoms with Crippen molar-refractivity contribution in [1.82, 2.24) is 23.9 Å². The highest BCUT2D eigenvalue weighted by molar-refractivity contribution is 7.98. The first kappa shape index (κ1) is 19.5. The normalized spacial score (nSPS) is 11.7. The average Bonchev–Trinajstić information content (AvgIpc) is 3.45. The lowest BCUT2D eigenvalue weighted by molar-refractivity contribution is 0.635. The highest BCUT2D eigenvalue weighted by Gasteiger charge is 2.17. The van der Waals surface area contributed by atoms with Crippen LogP contribution in [0.2, 0.25) is 0 Å². The molecule has 5 aromatic rings. The average molecular weight is 454 g/mol. The molecule has 0 aliphatic rings. The largest absolute Gasteiger partial charge is 0.288 e. The Bertz CT molecular complexity index is 1430. The second-order valence-electron chi connectivity index (χ2n) is 6.98. The predicted octanol–water partition coefficient (Wildman–Crippen LogP) is 5.16. The molecule has 5 heterocycles. The van der Waals surface area contributed by atoms with Crippen molar-refractivity contribution < 1.29 is 0 Å². The molecule has 5 rings (SSSR count). The van der Waals surface area contributed by atoms with Crippen LogP contribution in [0, 0.1) is 13.8 Å². The van der Waals surface area contributed by atoms with E-state index in [0.717, 1.165) is 42.9 Å². The molecule has 0 fully saturated rings. The molecule has 0 N–H and O–H groups in total. The highest BCUT2D eigenvalue weighted by Crippen LogP contribution is 2.34. The Labute approximate surface area is 185 Å². The molecule has 30 heavy (non-hydrogen) atoms. The number of aromatic nitrogens is 5. The zero-order valence-corrected chi connectivity index (χ0v) is 19.2. The number of imidazole rings is 1. The van der Waals surface area contributed by atoms with E-state index < -0.39 is 0 Å². The van der Waals surface area contributed by atoms with Gasteiger partial charge in [0.25, 0.3) is 5.56 Å². The number of hydrogen-bond donors (Lipinski definition) is 0. The fourth-order valence-electron chi connectivity index (χ4n) is 3.53. The maximum absolute atomic E-state index is 13.3. The van der Waals surface area contributed by atoms with Gasteiger partial charge in [0, 0.05) is 45.7 Å². The summed E-state index contributed by atoms with van der Waals surface area (Å²) in [6, 6.07) is 6.09. The zero-order valence-electron chi connectivity index (χ0n) is 16.7. The molecule has 0 aliphatic heterocycles. The van der Waals surface area contributed by atoms with Gasteiger partial charge >= 0.3 is 0 Å². The third kappa shape index (κ3) is 3.27. The standard InChI is InChI=1S/C21H19N5OS3/c1-4-25-19(27)17-15(16-6-5-7-28-16)11-29-18(17)24-21(25)30-10-14-9-26-13(3)8-12(2)22-20(26)23-14/h5-9,11H,4,10H2,1-3H3. The fraction of sp³-hybridized carbons (Fsp3) is 0.238. The molecule has 152 valence electrons. The van der Waals surface area contributed by atoms with Gasteiger partial charge in [-0.1, -0.05) is 17.8 Å². The lowest BCUT2D eigenvalue weighted by Crippen LogP contribution is -2.22. The molecule has 0 amide bonds. The highest BCUT2D eigenvalue weighted by atomic mass is 32.2. The molecule has 0 radical (unpaired) electrons. The topological polar surface area (TPSA) is 65.1 Å². The third-order valence-electron chi connectivity index (χ3n) is 4.92. The summed E-state index contributed by atoms with van der Waals surface area (Å²) in [6.45, 7) is 6.58.